The van der Waals surface area contributed by atoms with E-state index >= 15 is 0 Å². The van der Waals surface area contributed by atoms with Gasteiger partial charge in [0.05, 0.1) is 11.2 Å². The van der Waals surface area contributed by atoms with Crippen molar-refractivity contribution in [3.05, 3.63) is 42.1 Å². The van der Waals surface area contributed by atoms with Gasteiger partial charge >= 0.3 is 0 Å². The van der Waals surface area contributed by atoms with Crippen LogP contribution in [0.5, 0.6) is 0 Å². The molecule has 0 amide bonds. The van der Waals surface area contributed by atoms with Crippen LogP contribution in [0, 0.1) is 11.8 Å². The summed E-state index contributed by atoms with van der Waals surface area (Å²) in [5.74, 6) is 1.72. The number of pyridine rings is 1. The average Bonchev–Trinajstić information content (AvgIpc) is 2.99. The number of fused-ring (bicyclic) bond motifs is 2. The topological polar surface area (TPSA) is 28.2 Å². The van der Waals surface area contributed by atoms with Crippen molar-refractivity contribution in [3.8, 4) is 0 Å². The molecule has 0 aliphatic carbocycles. The van der Waals surface area contributed by atoms with Crippen LogP contribution in [0.15, 0.2) is 36.4 Å². The number of nitrogens with one attached hydrogen (secondary N) is 1. The number of nitrogens with zero attached hydrogens (tertiary/aromatic N) is 2. The number of benzene rings is 1. The first-order valence-electron chi connectivity index (χ1n) is 7.16. The molecule has 3 heterocycles. The molecular formula is C16H19N3. The summed E-state index contributed by atoms with van der Waals surface area (Å²) in [6.45, 7) is 5.86. The first kappa shape index (κ1) is 11.4. The van der Waals surface area contributed by atoms with Gasteiger partial charge in [-0.25, -0.2) is 0 Å². The first-order chi connectivity index (χ1) is 9.38. The zero-order valence-electron chi connectivity index (χ0n) is 11.0. The van der Waals surface area contributed by atoms with Gasteiger partial charge in [0.15, 0.2) is 0 Å². The molecule has 0 saturated carbocycles. The minimum Gasteiger partial charge on any atom is -0.316 e. The Morgan fingerprint density at radius 3 is 2.68 bits per heavy atom. The summed E-state index contributed by atoms with van der Waals surface area (Å²) < 4.78 is 0. The van der Waals surface area contributed by atoms with E-state index in [9.17, 15) is 0 Å². The minimum atomic E-state index is 0.862. The van der Waals surface area contributed by atoms with Crippen molar-refractivity contribution < 1.29 is 0 Å². The van der Waals surface area contributed by atoms with E-state index in [2.05, 4.69) is 46.6 Å². The lowest BCUT2D eigenvalue weighted by Crippen LogP contribution is -2.25. The van der Waals surface area contributed by atoms with Gasteiger partial charge in [0.25, 0.3) is 0 Å². The van der Waals surface area contributed by atoms with E-state index in [4.69, 9.17) is 4.98 Å². The molecule has 0 radical (unpaired) electrons. The molecule has 3 heteroatoms. The highest BCUT2D eigenvalue weighted by Crippen LogP contribution is 2.27. The fourth-order valence-corrected chi connectivity index (χ4v) is 3.51. The summed E-state index contributed by atoms with van der Waals surface area (Å²) in [4.78, 5) is 7.34. The lowest BCUT2D eigenvalue weighted by molar-refractivity contribution is 0.302. The standard InChI is InChI=1S/C16H19N3/c1-2-4-16-12(3-1)5-6-15(18-16)11-19-9-13-7-17-8-14(13)10-19/h1-6,13-14,17H,7-11H2/t13-,14+. The quantitative estimate of drug-likeness (QED) is 0.886. The van der Waals surface area contributed by atoms with Crippen LogP contribution in [0.1, 0.15) is 5.69 Å². The normalized spacial score (nSPS) is 26.9. The van der Waals surface area contributed by atoms with Crippen LogP contribution in [-0.2, 0) is 6.54 Å². The van der Waals surface area contributed by atoms with E-state index in [1.807, 2.05) is 0 Å². The second-order valence-corrected chi connectivity index (χ2v) is 5.87. The van der Waals surface area contributed by atoms with Crippen molar-refractivity contribution in [2.45, 2.75) is 6.54 Å². The molecular weight excluding hydrogens is 234 g/mol. The fraction of sp³-hybridized carbons (Fsp3) is 0.438. The van der Waals surface area contributed by atoms with E-state index in [-0.39, 0.29) is 0 Å². The van der Waals surface area contributed by atoms with Gasteiger partial charge in [0.1, 0.15) is 0 Å². The van der Waals surface area contributed by atoms with Gasteiger partial charge in [0.2, 0.25) is 0 Å². The van der Waals surface area contributed by atoms with Gasteiger partial charge in [0, 0.05) is 25.0 Å². The SMILES string of the molecule is c1ccc2nc(CN3C[C@H]4CNC[C@H]4C3)ccc2c1. The Bertz CT molecular complexity index is 583. The Balaban J connectivity index is 1.52. The maximum atomic E-state index is 4.78. The molecule has 2 aliphatic rings. The maximum Gasteiger partial charge on any atom is 0.0705 e. The summed E-state index contributed by atoms with van der Waals surface area (Å²) >= 11 is 0. The molecule has 2 aliphatic heterocycles. The number of para-hydroxylation sites is 1. The van der Waals surface area contributed by atoms with Crippen LogP contribution < -0.4 is 5.32 Å². The third kappa shape index (κ3) is 2.13. The second kappa shape index (κ2) is 4.58. The molecule has 4 rings (SSSR count). The zero-order chi connectivity index (χ0) is 12.7. The molecule has 2 atom stereocenters. The molecule has 98 valence electrons. The molecule has 0 bridgehead atoms. The average molecular weight is 253 g/mol. The fourth-order valence-electron chi connectivity index (χ4n) is 3.51. The van der Waals surface area contributed by atoms with Gasteiger partial charge in [-0.2, -0.15) is 0 Å². The highest BCUT2D eigenvalue weighted by atomic mass is 15.2. The van der Waals surface area contributed by atoms with Gasteiger partial charge in [-0.3, -0.25) is 9.88 Å². The van der Waals surface area contributed by atoms with Gasteiger partial charge in [-0.05, 0) is 37.1 Å². The van der Waals surface area contributed by atoms with Crippen LogP contribution in [0.2, 0.25) is 0 Å². The highest BCUT2D eigenvalue weighted by molar-refractivity contribution is 5.78. The Labute approximate surface area is 113 Å². The molecule has 3 nitrogen and oxygen atoms in total. The minimum absolute atomic E-state index is 0.862. The molecule has 1 aromatic carbocycles. The third-order valence-electron chi connectivity index (χ3n) is 4.51. The van der Waals surface area contributed by atoms with Crippen LogP contribution in [0.25, 0.3) is 10.9 Å². The van der Waals surface area contributed by atoms with Crippen molar-refractivity contribution in [1.82, 2.24) is 15.2 Å². The zero-order valence-corrected chi connectivity index (χ0v) is 11.0. The van der Waals surface area contributed by atoms with Crippen molar-refractivity contribution in [2.24, 2.45) is 11.8 Å². The highest BCUT2D eigenvalue weighted by Gasteiger charge is 2.35. The van der Waals surface area contributed by atoms with Gasteiger partial charge in [-0.15, -0.1) is 0 Å². The van der Waals surface area contributed by atoms with Crippen molar-refractivity contribution in [2.75, 3.05) is 26.2 Å². The van der Waals surface area contributed by atoms with Crippen molar-refractivity contribution in [3.63, 3.8) is 0 Å². The largest absolute Gasteiger partial charge is 0.316 e. The molecule has 2 saturated heterocycles. The summed E-state index contributed by atoms with van der Waals surface area (Å²) in [5, 5.41) is 4.72. The number of rotatable bonds is 2. The predicted octanol–water partition coefficient (Wildman–Crippen LogP) is 1.89. The predicted molar refractivity (Wildman–Crippen MR) is 76.9 cm³/mol. The lowest BCUT2D eigenvalue weighted by Gasteiger charge is -2.16. The van der Waals surface area contributed by atoms with Crippen LogP contribution in [0.4, 0.5) is 0 Å². The lowest BCUT2D eigenvalue weighted by atomic mass is 10.0. The molecule has 0 spiro atoms. The molecule has 0 unspecified atom stereocenters. The van der Waals surface area contributed by atoms with Crippen LogP contribution in [0.3, 0.4) is 0 Å². The molecule has 19 heavy (non-hydrogen) atoms. The summed E-state index contributed by atoms with van der Waals surface area (Å²) in [5.41, 5.74) is 2.31. The summed E-state index contributed by atoms with van der Waals surface area (Å²) in [6.07, 6.45) is 0. The number of hydrogen-bond donors (Lipinski definition) is 1. The second-order valence-electron chi connectivity index (χ2n) is 5.87. The first-order valence-corrected chi connectivity index (χ1v) is 7.16. The molecule has 1 N–H and O–H groups in total. The summed E-state index contributed by atoms with van der Waals surface area (Å²) in [7, 11) is 0. The number of aromatic nitrogens is 1. The Morgan fingerprint density at radius 1 is 1.05 bits per heavy atom. The maximum absolute atomic E-state index is 4.78. The van der Waals surface area contributed by atoms with Crippen LogP contribution >= 0.6 is 0 Å². The van der Waals surface area contributed by atoms with E-state index in [0.717, 1.165) is 23.9 Å². The number of likely N-dealkylation sites (tertiary alicyclic amines) is 1. The smallest absolute Gasteiger partial charge is 0.0705 e. The monoisotopic (exact) mass is 253 g/mol. The molecule has 2 fully saturated rings. The van der Waals surface area contributed by atoms with Gasteiger partial charge in [-0.1, -0.05) is 24.3 Å². The van der Waals surface area contributed by atoms with Gasteiger partial charge < -0.3 is 5.32 Å². The summed E-state index contributed by atoms with van der Waals surface area (Å²) in [6, 6.07) is 12.7. The van der Waals surface area contributed by atoms with Crippen molar-refractivity contribution >= 4 is 10.9 Å². The molecule has 2 aromatic rings. The van der Waals surface area contributed by atoms with E-state index in [1.54, 1.807) is 0 Å². The third-order valence-corrected chi connectivity index (χ3v) is 4.51. The Kier molecular flexibility index (Phi) is 2.75. The van der Waals surface area contributed by atoms with E-state index in [0.29, 0.717) is 0 Å². The number of hydrogen-bond acceptors (Lipinski definition) is 3. The molecule has 1 aromatic heterocycles. The Hall–Kier alpha value is -1.45. The van der Waals surface area contributed by atoms with Crippen molar-refractivity contribution in [1.29, 1.82) is 0 Å². The van der Waals surface area contributed by atoms with E-state index < -0.39 is 0 Å². The van der Waals surface area contributed by atoms with E-state index in [1.165, 1.54) is 37.3 Å². The van der Waals surface area contributed by atoms with Crippen LogP contribution in [-0.4, -0.2) is 36.1 Å². The Morgan fingerprint density at radius 2 is 1.84 bits per heavy atom.